The van der Waals surface area contributed by atoms with Crippen LogP contribution in [-0.2, 0) is 20.7 Å². The van der Waals surface area contributed by atoms with Crippen LogP contribution in [0.5, 0.6) is 0 Å². The molecule has 31 heavy (non-hydrogen) atoms. The smallest absolute Gasteiger partial charge is 0.325 e. The highest BCUT2D eigenvalue weighted by atomic mass is 79.9. The van der Waals surface area contributed by atoms with Crippen LogP contribution in [0.25, 0.3) is 11.0 Å². The molecule has 1 N–H and O–H groups in total. The summed E-state index contributed by atoms with van der Waals surface area (Å²) in [5.41, 5.74) is 2.84. The molecule has 1 saturated carbocycles. The Hall–Kier alpha value is -2.19. The molecule has 0 radical (unpaired) electrons. The molecule has 1 heterocycles. The van der Waals surface area contributed by atoms with Crippen LogP contribution in [-0.4, -0.2) is 34.6 Å². The molecule has 1 aliphatic rings. The van der Waals surface area contributed by atoms with E-state index in [1.807, 2.05) is 30.3 Å². The number of carbonyl (C=O) groups is 2. The van der Waals surface area contributed by atoms with Gasteiger partial charge in [0.1, 0.15) is 18.4 Å². The van der Waals surface area contributed by atoms with Gasteiger partial charge < -0.3 is 14.6 Å². The second-order valence-electron chi connectivity index (χ2n) is 7.62. The first-order valence-electron chi connectivity index (χ1n) is 10.3. The van der Waals surface area contributed by atoms with Gasteiger partial charge in [-0.2, -0.15) is 0 Å². The molecule has 1 atom stereocenters. The molecule has 6 nitrogen and oxygen atoms in total. The topological polar surface area (TPSA) is 73.2 Å². The van der Waals surface area contributed by atoms with Crippen molar-refractivity contribution in [3.63, 3.8) is 0 Å². The molecule has 1 amide bonds. The minimum atomic E-state index is -0.433. The Bertz CT molecular complexity index is 1110. The van der Waals surface area contributed by atoms with E-state index in [0.29, 0.717) is 6.42 Å². The molecule has 0 aliphatic heterocycles. The van der Waals surface area contributed by atoms with Crippen molar-refractivity contribution in [2.75, 3.05) is 13.2 Å². The number of benzene rings is 2. The maximum absolute atomic E-state index is 13.2. The highest BCUT2D eigenvalue weighted by Crippen LogP contribution is 2.43. The van der Waals surface area contributed by atoms with Gasteiger partial charge in [-0.05, 0) is 75.2 Å². The maximum atomic E-state index is 13.2. The molecule has 3 aromatic rings. The van der Waals surface area contributed by atoms with Gasteiger partial charge >= 0.3 is 5.97 Å². The van der Waals surface area contributed by atoms with E-state index >= 15 is 0 Å². The zero-order chi connectivity index (χ0) is 22.0. The van der Waals surface area contributed by atoms with Crippen LogP contribution in [0.15, 0.2) is 51.4 Å². The van der Waals surface area contributed by atoms with E-state index in [1.54, 1.807) is 6.92 Å². The van der Waals surface area contributed by atoms with Gasteiger partial charge in [0.25, 0.3) is 0 Å². The largest absolute Gasteiger partial charge is 0.465 e. The zero-order valence-corrected chi connectivity index (χ0v) is 20.3. The lowest BCUT2D eigenvalue weighted by atomic mass is 10.1. The van der Waals surface area contributed by atoms with Crippen molar-refractivity contribution >= 4 is 54.8 Å². The molecule has 0 saturated heterocycles. The fraction of sp³-hybridized carbons (Fsp3) is 0.348. The van der Waals surface area contributed by atoms with Gasteiger partial charge in [-0.1, -0.05) is 30.3 Å². The summed E-state index contributed by atoms with van der Waals surface area (Å²) in [5, 5.41) is 2.78. The number of rotatable bonds is 8. The number of esters is 1. The summed E-state index contributed by atoms with van der Waals surface area (Å²) in [5.74, 6) is 0.436. The lowest BCUT2D eigenvalue weighted by Gasteiger charge is -2.21. The Morgan fingerprint density at radius 1 is 1.19 bits per heavy atom. The van der Waals surface area contributed by atoms with Crippen molar-refractivity contribution in [1.29, 1.82) is 0 Å². The van der Waals surface area contributed by atoms with E-state index in [4.69, 9.17) is 9.72 Å². The number of nitrogens with zero attached hydrogens (tertiary/aromatic N) is 2. The van der Waals surface area contributed by atoms with Crippen LogP contribution in [0.3, 0.4) is 0 Å². The molecule has 1 aliphatic carbocycles. The van der Waals surface area contributed by atoms with Gasteiger partial charge in [-0.15, -0.1) is 0 Å². The second-order valence-corrected chi connectivity index (χ2v) is 9.33. The molecule has 0 bridgehead atoms. The van der Waals surface area contributed by atoms with Gasteiger partial charge in [0.2, 0.25) is 5.91 Å². The fourth-order valence-corrected chi connectivity index (χ4v) is 4.45. The monoisotopic (exact) mass is 547 g/mol. The number of aromatic nitrogens is 2. The summed E-state index contributed by atoms with van der Waals surface area (Å²) in [6.45, 7) is 1.90. The van der Waals surface area contributed by atoms with Crippen molar-refractivity contribution in [1.82, 2.24) is 14.9 Å². The minimum Gasteiger partial charge on any atom is -0.465 e. The second kappa shape index (κ2) is 9.53. The van der Waals surface area contributed by atoms with Gasteiger partial charge in [-0.25, -0.2) is 4.98 Å². The molecule has 1 unspecified atom stereocenters. The third kappa shape index (κ3) is 5.01. The van der Waals surface area contributed by atoms with E-state index in [1.165, 1.54) is 0 Å². The van der Waals surface area contributed by atoms with Crippen LogP contribution in [0.2, 0.25) is 0 Å². The Balaban J connectivity index is 1.75. The Kier molecular flexibility index (Phi) is 6.77. The number of nitrogens with one attached hydrogen (secondary N) is 1. The number of imidazole rings is 1. The lowest BCUT2D eigenvalue weighted by molar-refractivity contribution is -0.143. The Morgan fingerprint density at radius 2 is 1.90 bits per heavy atom. The summed E-state index contributed by atoms with van der Waals surface area (Å²) in [6, 6.07) is 13.6. The van der Waals surface area contributed by atoms with Gasteiger partial charge in [-0.3, -0.25) is 9.59 Å². The van der Waals surface area contributed by atoms with Crippen molar-refractivity contribution in [3.05, 3.63) is 62.8 Å². The van der Waals surface area contributed by atoms with Crippen molar-refractivity contribution in [3.8, 4) is 0 Å². The van der Waals surface area contributed by atoms with Crippen LogP contribution in [0.4, 0.5) is 0 Å². The van der Waals surface area contributed by atoms with E-state index in [9.17, 15) is 9.59 Å². The summed E-state index contributed by atoms with van der Waals surface area (Å²) in [7, 11) is 0. The van der Waals surface area contributed by atoms with Crippen LogP contribution < -0.4 is 5.32 Å². The summed E-state index contributed by atoms with van der Waals surface area (Å²) < 4.78 is 8.81. The van der Waals surface area contributed by atoms with Crippen LogP contribution >= 0.6 is 31.9 Å². The standard InChI is InChI=1S/C23H23Br2N3O3/c1-2-31-21(29)13-26-23(30)22(15-8-9-15)28-19-12-17(25)16(24)11-18(19)27-20(28)10-14-6-4-3-5-7-14/h3-7,11-12,15,22H,2,8-10,13H2,1H3,(H,26,30). The van der Waals surface area contributed by atoms with Crippen LogP contribution in [0, 0.1) is 5.92 Å². The number of carbonyl (C=O) groups excluding carboxylic acids is 2. The normalized spacial score (nSPS) is 14.4. The first-order valence-corrected chi connectivity index (χ1v) is 11.9. The summed E-state index contributed by atoms with van der Waals surface area (Å²) in [4.78, 5) is 29.9. The summed E-state index contributed by atoms with van der Waals surface area (Å²) in [6.07, 6.45) is 2.55. The molecular weight excluding hydrogens is 526 g/mol. The zero-order valence-electron chi connectivity index (χ0n) is 17.1. The number of amides is 1. The SMILES string of the molecule is CCOC(=O)CNC(=O)C(C1CC1)n1c(Cc2ccccc2)nc2cc(Br)c(Br)cc21. The van der Waals surface area contributed by atoms with Crippen molar-refractivity contribution in [2.24, 2.45) is 5.92 Å². The van der Waals surface area contributed by atoms with Gasteiger partial charge in [0.15, 0.2) is 0 Å². The Labute approximate surface area is 197 Å². The molecule has 8 heteroatoms. The molecule has 1 fully saturated rings. The maximum Gasteiger partial charge on any atom is 0.325 e. The number of ether oxygens (including phenoxy) is 1. The third-order valence-electron chi connectivity index (χ3n) is 5.34. The first kappa shape index (κ1) is 22.0. The minimum absolute atomic E-state index is 0.133. The van der Waals surface area contributed by atoms with Crippen molar-refractivity contribution < 1.29 is 14.3 Å². The third-order valence-corrected chi connectivity index (χ3v) is 7.18. The number of hydrogen-bond acceptors (Lipinski definition) is 4. The molecular formula is C23H23Br2N3O3. The van der Waals surface area contributed by atoms with Gasteiger partial charge in [0, 0.05) is 15.4 Å². The van der Waals surface area contributed by atoms with Crippen molar-refractivity contribution in [2.45, 2.75) is 32.2 Å². The molecule has 0 spiro atoms. The predicted octanol–water partition coefficient (Wildman–Crippen LogP) is 4.78. The average Bonchev–Trinajstić information content (AvgIpc) is 3.53. The van der Waals surface area contributed by atoms with E-state index in [2.05, 4.69) is 53.9 Å². The fourth-order valence-electron chi connectivity index (χ4n) is 3.78. The Morgan fingerprint density at radius 3 is 2.58 bits per heavy atom. The first-order chi connectivity index (χ1) is 15.0. The lowest BCUT2D eigenvalue weighted by Crippen LogP contribution is -2.38. The summed E-state index contributed by atoms with van der Waals surface area (Å²) >= 11 is 7.14. The van der Waals surface area contributed by atoms with Gasteiger partial charge in [0.05, 0.1) is 17.6 Å². The predicted molar refractivity (Wildman–Crippen MR) is 126 cm³/mol. The van der Waals surface area contributed by atoms with E-state index in [-0.39, 0.29) is 25.0 Å². The highest BCUT2D eigenvalue weighted by molar-refractivity contribution is 9.13. The molecule has 4 rings (SSSR count). The average molecular weight is 549 g/mol. The number of hydrogen-bond donors (Lipinski definition) is 1. The van der Waals surface area contributed by atoms with E-state index < -0.39 is 12.0 Å². The number of halogens is 2. The molecule has 2 aromatic carbocycles. The molecule has 1 aromatic heterocycles. The quantitative estimate of drug-likeness (QED) is 0.411. The van der Waals surface area contributed by atoms with E-state index in [0.717, 1.165) is 44.2 Å². The highest BCUT2D eigenvalue weighted by Gasteiger charge is 2.39. The van der Waals surface area contributed by atoms with Crippen LogP contribution in [0.1, 0.15) is 37.2 Å². The number of fused-ring (bicyclic) bond motifs is 1. The molecule has 162 valence electrons.